The number of amides is 1. The molecule has 0 saturated carbocycles. The van der Waals surface area contributed by atoms with Gasteiger partial charge < -0.3 is 20.7 Å². The third-order valence-corrected chi connectivity index (χ3v) is 4.83. The van der Waals surface area contributed by atoms with E-state index in [0.717, 1.165) is 37.3 Å². The van der Waals surface area contributed by atoms with Gasteiger partial charge in [0.05, 0.1) is 15.2 Å². The van der Waals surface area contributed by atoms with Crippen LogP contribution in [0.4, 0.5) is 4.79 Å². The molecular weight excluding hydrogens is 374 g/mol. The number of nitrogens with one attached hydrogen (secondary N) is 3. The number of nitrogens with zero attached hydrogens (tertiary/aromatic N) is 2. The normalized spacial score (nSPS) is 12.1. The molecule has 0 saturated heterocycles. The van der Waals surface area contributed by atoms with Gasteiger partial charge in [-0.2, -0.15) is 0 Å². The number of fused-ring (bicyclic) bond motifs is 1. The number of aromatic nitrogens is 1. The lowest BCUT2D eigenvalue weighted by Gasteiger charge is -2.19. The number of rotatable bonds is 8. The van der Waals surface area contributed by atoms with E-state index in [4.69, 9.17) is 4.74 Å². The number of aliphatic imine (C=N–C) groups is 1. The van der Waals surface area contributed by atoms with Crippen molar-refractivity contribution in [2.75, 3.05) is 26.7 Å². The molecule has 0 atom stereocenters. The Morgan fingerprint density at radius 3 is 2.46 bits per heavy atom. The van der Waals surface area contributed by atoms with E-state index < -0.39 is 5.60 Å². The Morgan fingerprint density at radius 1 is 1.11 bits per heavy atom. The lowest BCUT2D eigenvalue weighted by atomic mass is 10.2. The molecule has 0 radical (unpaired) electrons. The minimum absolute atomic E-state index is 0.384. The van der Waals surface area contributed by atoms with Crippen LogP contribution in [-0.4, -0.2) is 49.3 Å². The van der Waals surface area contributed by atoms with Gasteiger partial charge in [-0.05, 0) is 45.7 Å². The Hall–Kier alpha value is -2.35. The number of thiazole rings is 1. The van der Waals surface area contributed by atoms with E-state index in [1.807, 2.05) is 32.9 Å². The molecule has 0 fully saturated rings. The zero-order chi connectivity index (χ0) is 20.4. The molecule has 0 aliphatic heterocycles. The van der Waals surface area contributed by atoms with E-state index in [1.54, 1.807) is 18.4 Å². The minimum atomic E-state index is -0.473. The number of hydrogen-bond acceptors (Lipinski definition) is 5. The summed E-state index contributed by atoms with van der Waals surface area (Å²) in [7, 11) is 1.75. The Bertz CT molecular complexity index is 749. The number of aryl methyl sites for hydroxylation is 1. The van der Waals surface area contributed by atoms with Crippen molar-refractivity contribution in [2.45, 2.75) is 45.6 Å². The van der Waals surface area contributed by atoms with Gasteiger partial charge in [0.15, 0.2) is 5.96 Å². The summed E-state index contributed by atoms with van der Waals surface area (Å²) < 4.78 is 6.44. The highest BCUT2D eigenvalue weighted by molar-refractivity contribution is 7.18. The maximum absolute atomic E-state index is 11.6. The highest BCUT2D eigenvalue weighted by Crippen LogP contribution is 2.22. The second-order valence-electron chi connectivity index (χ2n) is 7.39. The molecule has 1 amide bonds. The zero-order valence-corrected chi connectivity index (χ0v) is 18.0. The average Bonchev–Trinajstić information content (AvgIpc) is 3.04. The van der Waals surface area contributed by atoms with E-state index in [2.05, 4.69) is 38.1 Å². The predicted octanol–water partition coefficient (Wildman–Crippen LogP) is 3.31. The Labute approximate surface area is 171 Å². The van der Waals surface area contributed by atoms with Gasteiger partial charge in [-0.1, -0.05) is 12.1 Å². The lowest BCUT2D eigenvalue weighted by Crippen LogP contribution is -2.39. The van der Waals surface area contributed by atoms with E-state index in [9.17, 15) is 4.79 Å². The van der Waals surface area contributed by atoms with E-state index in [0.29, 0.717) is 13.1 Å². The minimum Gasteiger partial charge on any atom is -0.444 e. The molecular formula is C20H31N5O2S. The summed E-state index contributed by atoms with van der Waals surface area (Å²) >= 11 is 1.76. The van der Waals surface area contributed by atoms with Gasteiger partial charge in [-0.3, -0.25) is 4.99 Å². The largest absolute Gasteiger partial charge is 0.444 e. The number of guanidine groups is 1. The molecule has 28 heavy (non-hydrogen) atoms. The van der Waals surface area contributed by atoms with E-state index in [-0.39, 0.29) is 6.09 Å². The fourth-order valence-electron chi connectivity index (χ4n) is 2.49. The van der Waals surface area contributed by atoms with Gasteiger partial charge in [0.1, 0.15) is 5.60 Å². The first-order valence-corrected chi connectivity index (χ1v) is 10.4. The van der Waals surface area contributed by atoms with E-state index >= 15 is 0 Å². The van der Waals surface area contributed by atoms with Crippen LogP contribution in [0.3, 0.4) is 0 Å². The maximum atomic E-state index is 11.6. The van der Waals surface area contributed by atoms with Crippen LogP contribution < -0.4 is 16.0 Å². The molecule has 2 aromatic rings. The monoisotopic (exact) mass is 405 g/mol. The smallest absolute Gasteiger partial charge is 0.407 e. The van der Waals surface area contributed by atoms with Gasteiger partial charge in [0.2, 0.25) is 0 Å². The average molecular weight is 406 g/mol. The molecule has 1 heterocycles. The first-order chi connectivity index (χ1) is 13.4. The molecule has 0 aliphatic rings. The molecule has 0 aliphatic carbocycles. The summed E-state index contributed by atoms with van der Waals surface area (Å²) in [6.07, 6.45) is 2.33. The van der Waals surface area contributed by atoms with Crippen molar-refractivity contribution in [1.82, 2.24) is 20.9 Å². The third kappa shape index (κ3) is 8.12. The molecule has 0 bridgehead atoms. The van der Waals surface area contributed by atoms with Crippen LogP contribution in [0.25, 0.3) is 10.2 Å². The first-order valence-electron chi connectivity index (χ1n) is 9.63. The maximum Gasteiger partial charge on any atom is 0.407 e. The number of para-hydroxylation sites is 1. The third-order valence-electron chi connectivity index (χ3n) is 3.74. The SMILES string of the molecule is CN=C(NCCCNC(=O)OC(C)(C)C)NCCCc1nc2ccccc2s1. The fourth-order valence-corrected chi connectivity index (χ4v) is 3.50. The molecule has 1 aromatic heterocycles. The fraction of sp³-hybridized carbons (Fsp3) is 0.550. The first kappa shape index (κ1) is 21.9. The summed E-state index contributed by atoms with van der Waals surface area (Å²) in [4.78, 5) is 20.4. The van der Waals surface area contributed by atoms with E-state index in [1.165, 1.54) is 9.71 Å². The molecule has 2 rings (SSSR count). The highest BCUT2D eigenvalue weighted by Gasteiger charge is 2.15. The van der Waals surface area contributed by atoms with Crippen LogP contribution in [0.1, 0.15) is 38.6 Å². The number of benzene rings is 1. The summed E-state index contributed by atoms with van der Waals surface area (Å²) in [6.45, 7) is 7.64. The summed E-state index contributed by atoms with van der Waals surface area (Å²) in [6, 6.07) is 8.23. The van der Waals surface area contributed by atoms with Gasteiger partial charge in [-0.25, -0.2) is 9.78 Å². The number of alkyl carbamates (subject to hydrolysis) is 1. The Morgan fingerprint density at radius 2 is 1.79 bits per heavy atom. The van der Waals surface area contributed by atoms with Crippen LogP contribution >= 0.6 is 11.3 Å². The molecule has 7 nitrogen and oxygen atoms in total. The van der Waals surface area contributed by atoms with Gasteiger partial charge >= 0.3 is 6.09 Å². The summed E-state index contributed by atoms with van der Waals surface area (Å²) in [5.41, 5.74) is 0.604. The molecule has 0 unspecified atom stereocenters. The molecule has 154 valence electrons. The van der Waals surface area contributed by atoms with Crippen LogP contribution in [0.15, 0.2) is 29.3 Å². The number of ether oxygens (including phenoxy) is 1. The summed E-state index contributed by atoms with van der Waals surface area (Å²) in [5, 5.41) is 10.5. The molecule has 8 heteroatoms. The van der Waals surface area contributed by atoms with Gasteiger partial charge in [0.25, 0.3) is 0 Å². The van der Waals surface area contributed by atoms with Crippen molar-refractivity contribution in [3.05, 3.63) is 29.3 Å². The van der Waals surface area contributed by atoms with Crippen LogP contribution in [0.2, 0.25) is 0 Å². The Balaban J connectivity index is 1.57. The van der Waals surface area contributed by atoms with Crippen LogP contribution in [-0.2, 0) is 11.2 Å². The highest BCUT2D eigenvalue weighted by atomic mass is 32.1. The molecule has 3 N–H and O–H groups in total. The second-order valence-corrected chi connectivity index (χ2v) is 8.50. The quantitative estimate of drug-likeness (QED) is 0.356. The number of carbonyl (C=O) groups is 1. The zero-order valence-electron chi connectivity index (χ0n) is 17.2. The summed E-state index contributed by atoms with van der Waals surface area (Å²) in [5.74, 6) is 0.765. The number of hydrogen-bond donors (Lipinski definition) is 3. The Kier molecular flexibility index (Phi) is 8.50. The standard InChI is InChI=1S/C20H31N5O2S/c1-20(2,3)27-19(26)24-14-8-13-23-18(21-4)22-12-7-11-17-25-15-9-5-6-10-16(15)28-17/h5-6,9-10H,7-8,11-14H2,1-4H3,(H,24,26)(H2,21,22,23). The molecule has 1 aromatic carbocycles. The topological polar surface area (TPSA) is 87.6 Å². The molecule has 0 spiro atoms. The van der Waals surface area contributed by atoms with Crippen molar-refractivity contribution in [1.29, 1.82) is 0 Å². The predicted molar refractivity (Wildman–Crippen MR) is 116 cm³/mol. The lowest BCUT2D eigenvalue weighted by molar-refractivity contribution is 0.0527. The van der Waals surface area contributed by atoms with Crippen molar-refractivity contribution >= 4 is 33.6 Å². The van der Waals surface area contributed by atoms with Crippen LogP contribution in [0.5, 0.6) is 0 Å². The van der Waals surface area contributed by atoms with Gasteiger partial charge in [-0.15, -0.1) is 11.3 Å². The van der Waals surface area contributed by atoms with Crippen LogP contribution in [0, 0.1) is 0 Å². The second kappa shape index (κ2) is 10.8. The van der Waals surface area contributed by atoms with Gasteiger partial charge in [0, 0.05) is 33.1 Å². The van der Waals surface area contributed by atoms with Crippen molar-refractivity contribution < 1.29 is 9.53 Å². The van der Waals surface area contributed by atoms with Crippen molar-refractivity contribution in [3.8, 4) is 0 Å². The van der Waals surface area contributed by atoms with Crippen molar-refractivity contribution in [2.24, 2.45) is 4.99 Å². The number of carbonyl (C=O) groups excluding carboxylic acids is 1. The van der Waals surface area contributed by atoms with Crippen molar-refractivity contribution in [3.63, 3.8) is 0 Å².